The van der Waals surface area contributed by atoms with Gasteiger partial charge in [-0.2, -0.15) is 0 Å². The first kappa shape index (κ1) is 6.44. The zero-order valence-corrected chi connectivity index (χ0v) is 6.08. The van der Waals surface area contributed by atoms with Crippen molar-refractivity contribution in [1.29, 1.82) is 0 Å². The highest BCUT2D eigenvalue weighted by Crippen LogP contribution is 2.16. The SMILES string of the molecule is [CH]=C(Br)C(=[CH])Br. The van der Waals surface area contributed by atoms with Crippen LogP contribution in [0.4, 0.5) is 0 Å². The van der Waals surface area contributed by atoms with Gasteiger partial charge in [-0.25, -0.2) is 0 Å². The lowest BCUT2D eigenvalue weighted by Crippen LogP contribution is -1.56. The van der Waals surface area contributed by atoms with Gasteiger partial charge in [0, 0.05) is 8.96 Å². The van der Waals surface area contributed by atoms with E-state index >= 15 is 0 Å². The Labute approximate surface area is 54.2 Å². The first-order valence-electron chi connectivity index (χ1n) is 1.21. The molecule has 0 heterocycles. The van der Waals surface area contributed by atoms with Crippen molar-refractivity contribution >= 4 is 31.9 Å². The number of hydrogen-bond acceptors (Lipinski definition) is 0. The molecule has 0 amide bonds. The third kappa shape index (κ3) is 2.67. The van der Waals surface area contributed by atoms with E-state index in [1.807, 2.05) is 0 Å². The standard InChI is InChI=1S/C4H2Br2/c1-3(5)4(2)6/h1-2H. The number of allylic oxidation sites excluding steroid dienone is 2. The lowest BCUT2D eigenvalue weighted by atomic mass is 10.6. The minimum atomic E-state index is 0.433. The van der Waals surface area contributed by atoms with Crippen molar-refractivity contribution in [3.8, 4) is 0 Å². The Morgan fingerprint density at radius 3 is 1.17 bits per heavy atom. The lowest BCUT2D eigenvalue weighted by molar-refractivity contribution is 1.98. The quantitative estimate of drug-likeness (QED) is 0.582. The lowest BCUT2D eigenvalue weighted by Gasteiger charge is -1.82. The number of halogens is 2. The molecule has 0 aliphatic rings. The van der Waals surface area contributed by atoms with E-state index in [2.05, 4.69) is 31.9 Å². The Morgan fingerprint density at radius 2 is 1.17 bits per heavy atom. The highest BCUT2D eigenvalue weighted by atomic mass is 79.9. The predicted molar refractivity (Wildman–Crippen MR) is 33.5 cm³/mol. The van der Waals surface area contributed by atoms with Crippen LogP contribution >= 0.6 is 31.9 Å². The molecule has 0 fully saturated rings. The fraction of sp³-hybridized carbons (Fsp3) is 0. The Kier molecular flexibility index (Phi) is 2.78. The molecule has 0 N–H and O–H groups in total. The van der Waals surface area contributed by atoms with Crippen molar-refractivity contribution in [3.63, 3.8) is 0 Å². The average molecular weight is 210 g/mol. The van der Waals surface area contributed by atoms with E-state index in [0.717, 1.165) is 0 Å². The fourth-order valence-electron chi connectivity index (χ4n) is 0. The summed E-state index contributed by atoms with van der Waals surface area (Å²) in [4.78, 5) is 0. The summed E-state index contributed by atoms with van der Waals surface area (Å²) in [6.45, 7) is 10.1. The maximum Gasteiger partial charge on any atom is 0.0317 e. The van der Waals surface area contributed by atoms with Gasteiger partial charge >= 0.3 is 0 Å². The first-order valence-corrected chi connectivity index (χ1v) is 2.79. The number of hydrogen-bond donors (Lipinski definition) is 0. The summed E-state index contributed by atoms with van der Waals surface area (Å²) < 4.78 is 0.866. The van der Waals surface area contributed by atoms with Gasteiger partial charge in [-0.15, -0.1) is 0 Å². The van der Waals surface area contributed by atoms with Crippen molar-refractivity contribution < 1.29 is 0 Å². The van der Waals surface area contributed by atoms with Crippen LogP contribution in [0, 0.1) is 13.2 Å². The zero-order valence-electron chi connectivity index (χ0n) is 2.91. The van der Waals surface area contributed by atoms with Crippen LogP contribution in [0.2, 0.25) is 0 Å². The van der Waals surface area contributed by atoms with Crippen LogP contribution in [0.3, 0.4) is 0 Å². The van der Waals surface area contributed by atoms with Crippen molar-refractivity contribution in [2.24, 2.45) is 0 Å². The number of rotatable bonds is 1. The summed E-state index contributed by atoms with van der Waals surface area (Å²) in [5.41, 5.74) is 0. The maximum absolute atomic E-state index is 5.06. The van der Waals surface area contributed by atoms with Gasteiger partial charge in [0.05, 0.1) is 0 Å². The summed E-state index contributed by atoms with van der Waals surface area (Å²) in [5.74, 6) is 0. The van der Waals surface area contributed by atoms with E-state index in [9.17, 15) is 0 Å². The highest BCUT2D eigenvalue weighted by Gasteiger charge is 1.83. The minimum absolute atomic E-state index is 0.433. The van der Waals surface area contributed by atoms with Crippen LogP contribution in [0.25, 0.3) is 0 Å². The van der Waals surface area contributed by atoms with Crippen LogP contribution in [-0.4, -0.2) is 0 Å². The van der Waals surface area contributed by atoms with Gasteiger partial charge in [-0.05, 0) is 45.0 Å². The van der Waals surface area contributed by atoms with Gasteiger partial charge in [0.25, 0.3) is 0 Å². The Morgan fingerprint density at radius 1 is 1.00 bits per heavy atom. The molecule has 0 aromatic rings. The molecule has 0 spiro atoms. The normalized spacial score (nSPS) is 7.67. The molecule has 6 heavy (non-hydrogen) atoms. The summed E-state index contributed by atoms with van der Waals surface area (Å²) in [7, 11) is 0. The van der Waals surface area contributed by atoms with Gasteiger partial charge in [-0.1, -0.05) is 0 Å². The highest BCUT2D eigenvalue weighted by molar-refractivity contribution is 9.15. The maximum atomic E-state index is 5.06. The van der Waals surface area contributed by atoms with E-state index < -0.39 is 0 Å². The topological polar surface area (TPSA) is 0 Å². The van der Waals surface area contributed by atoms with Crippen LogP contribution < -0.4 is 0 Å². The molecule has 0 aliphatic heterocycles. The molecule has 32 valence electrons. The van der Waals surface area contributed by atoms with Crippen molar-refractivity contribution in [1.82, 2.24) is 0 Å². The van der Waals surface area contributed by atoms with Crippen molar-refractivity contribution in [2.75, 3.05) is 0 Å². The van der Waals surface area contributed by atoms with Crippen molar-refractivity contribution in [2.45, 2.75) is 0 Å². The second-order valence-electron chi connectivity index (χ2n) is 0.696. The molecular weight excluding hydrogens is 208 g/mol. The molecule has 0 aromatic carbocycles. The van der Waals surface area contributed by atoms with Crippen LogP contribution in [0.1, 0.15) is 0 Å². The Balaban J connectivity index is 3.57. The van der Waals surface area contributed by atoms with E-state index in [1.54, 1.807) is 0 Å². The molecule has 0 nitrogen and oxygen atoms in total. The van der Waals surface area contributed by atoms with Gasteiger partial charge < -0.3 is 0 Å². The smallest absolute Gasteiger partial charge is 0.0317 e. The molecule has 0 unspecified atom stereocenters. The minimum Gasteiger partial charge on any atom is -0.0496 e. The van der Waals surface area contributed by atoms with E-state index in [4.69, 9.17) is 13.2 Å². The van der Waals surface area contributed by atoms with E-state index in [-0.39, 0.29) is 0 Å². The van der Waals surface area contributed by atoms with E-state index in [1.165, 1.54) is 0 Å². The second-order valence-corrected chi connectivity index (χ2v) is 2.40. The molecule has 0 atom stereocenters. The Hall–Kier alpha value is 0.440. The van der Waals surface area contributed by atoms with Gasteiger partial charge in [0.2, 0.25) is 0 Å². The molecule has 0 aliphatic carbocycles. The van der Waals surface area contributed by atoms with Crippen LogP contribution in [0.5, 0.6) is 0 Å². The molecule has 0 saturated heterocycles. The molecule has 0 saturated carbocycles. The first-order chi connectivity index (χ1) is 2.64. The summed E-state index contributed by atoms with van der Waals surface area (Å²) in [6.07, 6.45) is 0. The summed E-state index contributed by atoms with van der Waals surface area (Å²) in [5, 5.41) is 0. The van der Waals surface area contributed by atoms with Gasteiger partial charge in [0.15, 0.2) is 0 Å². The molecular formula is C4H2Br2. The molecule has 2 heteroatoms. The van der Waals surface area contributed by atoms with Crippen LogP contribution in [-0.2, 0) is 0 Å². The Bertz CT molecular complexity index is 71.5. The molecule has 0 rings (SSSR count). The monoisotopic (exact) mass is 208 g/mol. The molecule has 0 aromatic heterocycles. The summed E-state index contributed by atoms with van der Waals surface area (Å²) in [6, 6.07) is 0. The van der Waals surface area contributed by atoms with E-state index in [0.29, 0.717) is 8.96 Å². The zero-order chi connectivity index (χ0) is 5.15. The predicted octanol–water partition coefficient (Wildman–Crippen LogP) is 2.41. The third-order valence-electron chi connectivity index (χ3n) is 0.228. The third-order valence-corrected chi connectivity index (χ3v) is 1.61. The van der Waals surface area contributed by atoms with Gasteiger partial charge in [-0.3, -0.25) is 0 Å². The largest absolute Gasteiger partial charge is 0.0496 e. The summed E-state index contributed by atoms with van der Waals surface area (Å²) >= 11 is 5.85. The molecule has 0 bridgehead atoms. The van der Waals surface area contributed by atoms with Crippen LogP contribution in [0.15, 0.2) is 8.96 Å². The van der Waals surface area contributed by atoms with Gasteiger partial charge in [0.1, 0.15) is 0 Å². The second kappa shape index (κ2) is 2.59. The van der Waals surface area contributed by atoms with Crippen molar-refractivity contribution in [3.05, 3.63) is 22.1 Å². The fourth-order valence-corrected chi connectivity index (χ4v) is 0. The molecule has 2 radical (unpaired) electrons. The average Bonchev–Trinajstić information content (AvgIpc) is 1.36.